The van der Waals surface area contributed by atoms with Gasteiger partial charge in [-0.25, -0.2) is 0 Å². The molecule has 1 nitrogen and oxygen atoms in total. The lowest BCUT2D eigenvalue weighted by atomic mass is 10.3. The largest absolute Gasteiger partial charge is 0.372 e. The van der Waals surface area contributed by atoms with Crippen molar-refractivity contribution in [2.45, 2.75) is 9.05 Å². The number of benzene rings is 1. The second-order valence-corrected chi connectivity index (χ2v) is 5.83. The quantitative estimate of drug-likeness (QED) is 0.645. The first-order chi connectivity index (χ1) is 5.77. The second-order valence-electron chi connectivity index (χ2n) is 2.88. The van der Waals surface area contributed by atoms with Crippen LogP contribution in [0.25, 0.3) is 0 Å². The Morgan fingerprint density at radius 3 is 3.08 bits per heavy atom. The van der Waals surface area contributed by atoms with Crippen LogP contribution in [0.15, 0.2) is 29.2 Å². The summed E-state index contributed by atoms with van der Waals surface area (Å²) >= 11 is 5.51. The highest BCUT2D eigenvalue weighted by Crippen LogP contribution is 2.39. The highest BCUT2D eigenvalue weighted by molar-refractivity contribution is 9.11. The van der Waals surface area contributed by atoms with Gasteiger partial charge in [-0.1, -0.05) is 28.1 Å². The van der Waals surface area contributed by atoms with E-state index in [2.05, 4.69) is 52.1 Å². The molecule has 0 N–H and O–H groups in total. The molecule has 0 bridgehead atoms. The average molecular weight is 244 g/mol. The van der Waals surface area contributed by atoms with Crippen LogP contribution >= 0.6 is 27.7 Å². The van der Waals surface area contributed by atoms with E-state index < -0.39 is 0 Å². The molecule has 0 saturated carbocycles. The molecule has 1 aliphatic rings. The molecule has 1 heterocycles. The third-order valence-electron chi connectivity index (χ3n) is 1.95. The zero-order valence-corrected chi connectivity index (χ0v) is 9.23. The third kappa shape index (κ3) is 1.48. The van der Waals surface area contributed by atoms with Crippen molar-refractivity contribution in [2.24, 2.45) is 0 Å². The molecular formula is C9H10BrNS. The Labute approximate surface area is 85.3 Å². The van der Waals surface area contributed by atoms with Gasteiger partial charge in [0.2, 0.25) is 0 Å². The summed E-state index contributed by atoms with van der Waals surface area (Å²) in [7, 11) is 2.13. The maximum absolute atomic E-state index is 3.62. The van der Waals surface area contributed by atoms with E-state index in [1.54, 1.807) is 0 Å². The number of alkyl halides is 1. The molecule has 0 spiro atoms. The smallest absolute Gasteiger partial charge is 0.0822 e. The number of hydrogen-bond donors (Lipinski definition) is 0. The van der Waals surface area contributed by atoms with Crippen LogP contribution in [0.5, 0.6) is 0 Å². The molecule has 0 aliphatic carbocycles. The average Bonchev–Trinajstić information content (AvgIpc) is 2.04. The summed E-state index contributed by atoms with van der Waals surface area (Å²) in [6, 6.07) is 8.51. The molecule has 1 atom stereocenters. The Hall–Kier alpha value is -0.150. The van der Waals surface area contributed by atoms with E-state index in [0.29, 0.717) is 4.16 Å². The van der Waals surface area contributed by atoms with Gasteiger partial charge in [0.05, 0.1) is 9.85 Å². The van der Waals surface area contributed by atoms with E-state index in [4.69, 9.17) is 0 Å². The fourth-order valence-corrected chi connectivity index (χ4v) is 3.47. The molecule has 2 rings (SSSR count). The van der Waals surface area contributed by atoms with E-state index in [1.807, 2.05) is 11.8 Å². The van der Waals surface area contributed by atoms with Crippen LogP contribution in [0.4, 0.5) is 5.69 Å². The molecule has 0 saturated heterocycles. The lowest BCUT2D eigenvalue weighted by Gasteiger charge is -2.29. The standard InChI is InChI=1S/C9H10BrNS/c1-11-6-9(10)12-8-5-3-2-4-7(8)11/h2-5,9H,6H2,1H3. The number of rotatable bonds is 0. The van der Waals surface area contributed by atoms with Gasteiger partial charge in [-0.3, -0.25) is 0 Å². The Morgan fingerprint density at radius 2 is 2.25 bits per heavy atom. The van der Waals surface area contributed by atoms with E-state index in [9.17, 15) is 0 Å². The van der Waals surface area contributed by atoms with Gasteiger partial charge in [-0.05, 0) is 12.1 Å². The van der Waals surface area contributed by atoms with Crippen LogP contribution in [0.2, 0.25) is 0 Å². The minimum atomic E-state index is 0.525. The Kier molecular flexibility index (Phi) is 2.33. The van der Waals surface area contributed by atoms with Gasteiger partial charge < -0.3 is 4.90 Å². The molecule has 1 aliphatic heterocycles. The van der Waals surface area contributed by atoms with Crippen LogP contribution in [0.3, 0.4) is 0 Å². The second kappa shape index (κ2) is 3.30. The summed E-state index contributed by atoms with van der Waals surface area (Å²) in [6.07, 6.45) is 0. The third-order valence-corrected chi connectivity index (χ3v) is 3.80. The van der Waals surface area contributed by atoms with E-state index in [0.717, 1.165) is 6.54 Å². The van der Waals surface area contributed by atoms with Gasteiger partial charge >= 0.3 is 0 Å². The Morgan fingerprint density at radius 1 is 1.50 bits per heavy atom. The number of anilines is 1. The van der Waals surface area contributed by atoms with Crippen LogP contribution in [-0.4, -0.2) is 17.8 Å². The van der Waals surface area contributed by atoms with Crippen molar-refractivity contribution in [1.29, 1.82) is 0 Å². The number of fused-ring (bicyclic) bond motifs is 1. The van der Waals surface area contributed by atoms with Crippen molar-refractivity contribution in [3.05, 3.63) is 24.3 Å². The van der Waals surface area contributed by atoms with Gasteiger partial charge in [0.1, 0.15) is 0 Å². The van der Waals surface area contributed by atoms with Gasteiger partial charge in [-0.15, -0.1) is 11.8 Å². The van der Waals surface area contributed by atoms with Crippen molar-refractivity contribution >= 4 is 33.4 Å². The fourth-order valence-electron chi connectivity index (χ4n) is 1.36. The van der Waals surface area contributed by atoms with Crippen LogP contribution in [-0.2, 0) is 0 Å². The first-order valence-corrected chi connectivity index (χ1v) is 5.68. The molecule has 1 aromatic rings. The number of hydrogen-bond acceptors (Lipinski definition) is 2. The van der Waals surface area contributed by atoms with Crippen LogP contribution in [0, 0.1) is 0 Å². The normalized spacial score (nSPS) is 22.2. The first-order valence-electron chi connectivity index (χ1n) is 3.88. The lowest BCUT2D eigenvalue weighted by molar-refractivity contribution is 0.926. The van der Waals surface area contributed by atoms with Gasteiger partial charge in [-0.2, -0.15) is 0 Å². The minimum absolute atomic E-state index is 0.525. The van der Waals surface area contributed by atoms with Gasteiger partial charge in [0, 0.05) is 18.5 Å². The molecule has 0 amide bonds. The van der Waals surface area contributed by atoms with E-state index in [1.165, 1.54) is 10.6 Å². The summed E-state index contributed by atoms with van der Waals surface area (Å²) < 4.78 is 0.525. The van der Waals surface area contributed by atoms with Crippen molar-refractivity contribution < 1.29 is 0 Å². The monoisotopic (exact) mass is 243 g/mol. The van der Waals surface area contributed by atoms with Gasteiger partial charge in [0.25, 0.3) is 0 Å². The summed E-state index contributed by atoms with van der Waals surface area (Å²) in [5, 5.41) is 0. The van der Waals surface area contributed by atoms with E-state index >= 15 is 0 Å². The number of halogens is 1. The summed E-state index contributed by atoms with van der Waals surface area (Å²) in [4.78, 5) is 3.65. The maximum Gasteiger partial charge on any atom is 0.0822 e. The Balaban J connectivity index is 2.40. The zero-order chi connectivity index (χ0) is 8.55. The molecule has 1 aromatic carbocycles. The SMILES string of the molecule is CN1CC(Br)Sc2ccccc21. The van der Waals surface area contributed by atoms with Crippen LogP contribution in [0.1, 0.15) is 0 Å². The molecule has 1 unspecified atom stereocenters. The van der Waals surface area contributed by atoms with Crippen molar-refractivity contribution in [3.63, 3.8) is 0 Å². The van der Waals surface area contributed by atoms with E-state index in [-0.39, 0.29) is 0 Å². The molecule has 0 aromatic heterocycles. The summed E-state index contributed by atoms with van der Waals surface area (Å²) in [5.41, 5.74) is 1.35. The number of nitrogens with zero attached hydrogens (tertiary/aromatic N) is 1. The highest BCUT2D eigenvalue weighted by atomic mass is 79.9. The van der Waals surface area contributed by atoms with Crippen molar-refractivity contribution in [1.82, 2.24) is 0 Å². The maximum atomic E-state index is 3.62. The fraction of sp³-hybridized carbons (Fsp3) is 0.333. The zero-order valence-electron chi connectivity index (χ0n) is 6.83. The number of thioether (sulfide) groups is 1. The van der Waals surface area contributed by atoms with Crippen LogP contribution < -0.4 is 4.90 Å². The Bertz CT molecular complexity index is 290. The summed E-state index contributed by atoms with van der Waals surface area (Å²) in [6.45, 7) is 1.07. The molecule has 0 fully saturated rings. The molecule has 0 radical (unpaired) electrons. The minimum Gasteiger partial charge on any atom is -0.372 e. The highest BCUT2D eigenvalue weighted by Gasteiger charge is 2.19. The molecular weight excluding hydrogens is 234 g/mol. The number of para-hydroxylation sites is 1. The molecule has 3 heteroatoms. The summed E-state index contributed by atoms with van der Waals surface area (Å²) in [5.74, 6) is 0. The lowest BCUT2D eigenvalue weighted by Crippen LogP contribution is -2.27. The van der Waals surface area contributed by atoms with Crippen molar-refractivity contribution in [2.75, 3.05) is 18.5 Å². The van der Waals surface area contributed by atoms with Gasteiger partial charge in [0.15, 0.2) is 0 Å². The van der Waals surface area contributed by atoms with Crippen molar-refractivity contribution in [3.8, 4) is 0 Å². The predicted octanol–water partition coefficient (Wildman–Crippen LogP) is 2.95. The predicted molar refractivity (Wildman–Crippen MR) is 58.3 cm³/mol. The first kappa shape index (κ1) is 8.45. The molecule has 12 heavy (non-hydrogen) atoms. The topological polar surface area (TPSA) is 3.24 Å². The molecule has 64 valence electrons.